The normalized spacial score (nSPS) is 10.8. The SMILES string of the molecule is OCC=Cc1c(O)cccc1F. The van der Waals surface area contributed by atoms with Crippen molar-refractivity contribution in [3.63, 3.8) is 0 Å². The topological polar surface area (TPSA) is 40.5 Å². The average Bonchev–Trinajstić information content (AvgIpc) is 2.04. The minimum absolute atomic E-state index is 0.103. The molecular formula is C9H9FO2. The average molecular weight is 168 g/mol. The molecule has 0 aliphatic carbocycles. The van der Waals surface area contributed by atoms with Gasteiger partial charge in [0, 0.05) is 0 Å². The quantitative estimate of drug-likeness (QED) is 0.703. The third kappa shape index (κ3) is 1.83. The lowest BCUT2D eigenvalue weighted by molar-refractivity contribution is 0.343. The van der Waals surface area contributed by atoms with Gasteiger partial charge in [0.2, 0.25) is 0 Å². The van der Waals surface area contributed by atoms with Crippen molar-refractivity contribution in [2.24, 2.45) is 0 Å². The molecule has 0 aromatic heterocycles. The van der Waals surface area contributed by atoms with Gasteiger partial charge in [0.15, 0.2) is 0 Å². The third-order valence-electron chi connectivity index (χ3n) is 1.42. The molecule has 3 heteroatoms. The highest BCUT2D eigenvalue weighted by atomic mass is 19.1. The first-order chi connectivity index (χ1) is 5.75. The number of aliphatic hydroxyl groups is 1. The van der Waals surface area contributed by atoms with Gasteiger partial charge in [-0.1, -0.05) is 18.2 Å². The highest BCUT2D eigenvalue weighted by Crippen LogP contribution is 2.20. The molecule has 0 aliphatic heterocycles. The van der Waals surface area contributed by atoms with Gasteiger partial charge >= 0.3 is 0 Å². The highest BCUT2D eigenvalue weighted by Gasteiger charge is 2.01. The smallest absolute Gasteiger partial charge is 0.134 e. The highest BCUT2D eigenvalue weighted by molar-refractivity contribution is 5.57. The van der Waals surface area contributed by atoms with E-state index in [0.29, 0.717) is 0 Å². The molecule has 0 bridgehead atoms. The first-order valence-corrected chi connectivity index (χ1v) is 3.50. The van der Waals surface area contributed by atoms with Crippen LogP contribution in [0.3, 0.4) is 0 Å². The van der Waals surface area contributed by atoms with Crippen LogP contribution >= 0.6 is 0 Å². The van der Waals surface area contributed by atoms with Crippen molar-refractivity contribution in [1.82, 2.24) is 0 Å². The summed E-state index contributed by atoms with van der Waals surface area (Å²) in [6, 6.07) is 4.05. The fourth-order valence-electron chi connectivity index (χ4n) is 0.861. The third-order valence-corrected chi connectivity index (χ3v) is 1.42. The van der Waals surface area contributed by atoms with Gasteiger partial charge in [-0.2, -0.15) is 0 Å². The van der Waals surface area contributed by atoms with E-state index in [-0.39, 0.29) is 17.9 Å². The maximum Gasteiger partial charge on any atom is 0.134 e. The second-order valence-corrected chi connectivity index (χ2v) is 2.26. The molecule has 0 radical (unpaired) electrons. The summed E-state index contributed by atoms with van der Waals surface area (Å²) in [5, 5.41) is 17.6. The summed E-state index contributed by atoms with van der Waals surface area (Å²) in [4.78, 5) is 0. The Morgan fingerprint density at radius 2 is 2.17 bits per heavy atom. The molecule has 0 saturated carbocycles. The molecule has 0 amide bonds. The Hall–Kier alpha value is -1.35. The van der Waals surface area contributed by atoms with Crippen molar-refractivity contribution in [2.45, 2.75) is 0 Å². The van der Waals surface area contributed by atoms with Crippen LogP contribution in [0.25, 0.3) is 6.08 Å². The maximum atomic E-state index is 12.9. The van der Waals surface area contributed by atoms with E-state index >= 15 is 0 Å². The fraction of sp³-hybridized carbons (Fsp3) is 0.111. The molecule has 64 valence electrons. The number of rotatable bonds is 2. The zero-order valence-corrected chi connectivity index (χ0v) is 6.37. The molecule has 0 unspecified atom stereocenters. The van der Waals surface area contributed by atoms with E-state index in [4.69, 9.17) is 10.2 Å². The molecule has 0 saturated heterocycles. The first-order valence-electron chi connectivity index (χ1n) is 3.50. The summed E-state index contributed by atoms with van der Waals surface area (Å²) in [6.07, 6.45) is 2.70. The summed E-state index contributed by atoms with van der Waals surface area (Å²) in [5.41, 5.74) is 0.103. The molecule has 1 aromatic carbocycles. The van der Waals surface area contributed by atoms with Gasteiger partial charge in [-0.15, -0.1) is 0 Å². The number of halogens is 1. The fourth-order valence-corrected chi connectivity index (χ4v) is 0.861. The lowest BCUT2D eigenvalue weighted by atomic mass is 10.2. The molecule has 0 aliphatic rings. The van der Waals surface area contributed by atoms with Crippen molar-refractivity contribution < 1.29 is 14.6 Å². The van der Waals surface area contributed by atoms with Crippen molar-refractivity contribution in [3.8, 4) is 5.75 Å². The van der Waals surface area contributed by atoms with Crippen LogP contribution in [0.1, 0.15) is 5.56 Å². The van der Waals surface area contributed by atoms with Crippen LogP contribution in [0.5, 0.6) is 5.75 Å². The summed E-state index contributed by atoms with van der Waals surface area (Å²) in [5.74, 6) is -0.626. The minimum atomic E-state index is -0.500. The molecular weight excluding hydrogens is 159 g/mol. The van der Waals surface area contributed by atoms with E-state index in [1.807, 2.05) is 0 Å². The van der Waals surface area contributed by atoms with Gasteiger partial charge in [-0.05, 0) is 12.1 Å². The largest absolute Gasteiger partial charge is 0.507 e. The molecule has 1 rings (SSSR count). The number of phenolic OH excluding ortho intramolecular Hbond substituents is 1. The molecule has 0 fully saturated rings. The van der Waals surface area contributed by atoms with E-state index < -0.39 is 5.82 Å². The van der Waals surface area contributed by atoms with Crippen LogP contribution < -0.4 is 0 Å². The van der Waals surface area contributed by atoms with Crippen molar-refractivity contribution in [3.05, 3.63) is 35.7 Å². The van der Waals surface area contributed by atoms with Gasteiger partial charge in [-0.25, -0.2) is 4.39 Å². The van der Waals surface area contributed by atoms with Crippen LogP contribution in [0, 0.1) is 5.82 Å². The van der Waals surface area contributed by atoms with Crippen molar-refractivity contribution in [1.29, 1.82) is 0 Å². The standard InChI is InChI=1S/C9H9FO2/c10-8-4-1-5-9(12)7(8)3-2-6-11/h1-5,11-12H,6H2. The molecule has 0 atom stereocenters. The Balaban J connectivity index is 3.04. The maximum absolute atomic E-state index is 12.9. The van der Waals surface area contributed by atoms with E-state index in [9.17, 15) is 4.39 Å². The number of hydrogen-bond donors (Lipinski definition) is 2. The summed E-state index contributed by atoms with van der Waals surface area (Å²) < 4.78 is 12.9. The zero-order valence-electron chi connectivity index (χ0n) is 6.37. The van der Waals surface area contributed by atoms with Crippen LogP contribution in [-0.2, 0) is 0 Å². The molecule has 1 aromatic rings. The van der Waals surface area contributed by atoms with Crippen LogP contribution in [-0.4, -0.2) is 16.8 Å². The van der Waals surface area contributed by atoms with Gasteiger partial charge in [0.05, 0.1) is 12.2 Å². The number of aromatic hydroxyl groups is 1. The Labute approximate surface area is 69.6 Å². The lowest BCUT2D eigenvalue weighted by Gasteiger charge is -1.98. The van der Waals surface area contributed by atoms with E-state index in [2.05, 4.69) is 0 Å². The minimum Gasteiger partial charge on any atom is -0.507 e. The van der Waals surface area contributed by atoms with E-state index in [1.165, 1.54) is 30.4 Å². The molecule has 2 N–H and O–H groups in total. The van der Waals surface area contributed by atoms with Crippen LogP contribution in [0.4, 0.5) is 4.39 Å². The van der Waals surface area contributed by atoms with Crippen LogP contribution in [0.15, 0.2) is 24.3 Å². The second kappa shape index (κ2) is 3.88. The predicted molar refractivity (Wildman–Crippen MR) is 44.2 cm³/mol. The molecule has 0 heterocycles. The van der Waals surface area contributed by atoms with Gasteiger partial charge in [0.1, 0.15) is 11.6 Å². The lowest BCUT2D eigenvalue weighted by Crippen LogP contribution is -1.82. The Morgan fingerprint density at radius 1 is 1.42 bits per heavy atom. The Bertz CT molecular complexity index is 274. The number of aliphatic hydroxyl groups excluding tert-OH is 1. The second-order valence-electron chi connectivity index (χ2n) is 2.26. The first kappa shape index (κ1) is 8.74. The number of phenols is 1. The zero-order chi connectivity index (χ0) is 8.97. The monoisotopic (exact) mass is 168 g/mol. The van der Waals surface area contributed by atoms with Crippen molar-refractivity contribution in [2.75, 3.05) is 6.61 Å². The van der Waals surface area contributed by atoms with Crippen molar-refractivity contribution >= 4 is 6.08 Å². The number of benzene rings is 1. The summed E-state index contributed by atoms with van der Waals surface area (Å²) >= 11 is 0. The predicted octanol–water partition coefficient (Wildman–Crippen LogP) is 1.54. The van der Waals surface area contributed by atoms with E-state index in [1.54, 1.807) is 0 Å². The van der Waals surface area contributed by atoms with Gasteiger partial charge in [0.25, 0.3) is 0 Å². The Morgan fingerprint density at radius 3 is 2.75 bits per heavy atom. The van der Waals surface area contributed by atoms with Gasteiger partial charge in [-0.3, -0.25) is 0 Å². The summed E-state index contributed by atoms with van der Waals surface area (Å²) in [6.45, 7) is -0.173. The Kier molecular flexibility index (Phi) is 2.82. The van der Waals surface area contributed by atoms with Gasteiger partial charge < -0.3 is 10.2 Å². The summed E-state index contributed by atoms with van der Waals surface area (Å²) in [7, 11) is 0. The number of hydrogen-bond acceptors (Lipinski definition) is 2. The van der Waals surface area contributed by atoms with Crippen LogP contribution in [0.2, 0.25) is 0 Å². The molecule has 0 spiro atoms. The van der Waals surface area contributed by atoms with E-state index in [0.717, 1.165) is 0 Å². The molecule has 2 nitrogen and oxygen atoms in total. The molecule has 12 heavy (non-hydrogen) atoms.